The molecule has 0 amide bonds. The van der Waals surface area contributed by atoms with Gasteiger partial charge in [0.15, 0.2) is 0 Å². The lowest BCUT2D eigenvalue weighted by atomic mass is 9.70. The fourth-order valence-electron chi connectivity index (χ4n) is 3.94. The van der Waals surface area contributed by atoms with E-state index in [-0.39, 0.29) is 12.4 Å². The predicted molar refractivity (Wildman–Crippen MR) is 73.6 cm³/mol. The Labute approximate surface area is 116 Å². The summed E-state index contributed by atoms with van der Waals surface area (Å²) in [5.41, 5.74) is 0. The van der Waals surface area contributed by atoms with E-state index < -0.39 is 5.97 Å². The van der Waals surface area contributed by atoms with Crippen molar-refractivity contribution in [3.63, 3.8) is 0 Å². The zero-order valence-corrected chi connectivity index (χ0v) is 12.0. The summed E-state index contributed by atoms with van der Waals surface area (Å²) in [5, 5.41) is 0. The molecule has 3 heteroatoms. The van der Waals surface area contributed by atoms with Crippen molar-refractivity contribution in [2.45, 2.75) is 70.8 Å². The number of rotatable bonds is 4. The van der Waals surface area contributed by atoms with Crippen LogP contribution in [0.1, 0.15) is 64.7 Å². The summed E-state index contributed by atoms with van der Waals surface area (Å²) in [5.74, 6) is 1.97. The molecule has 0 N–H and O–H groups in total. The maximum atomic E-state index is 10.9. The highest BCUT2D eigenvalue weighted by molar-refractivity contribution is 6.20. The zero-order valence-electron chi connectivity index (χ0n) is 12.0. The lowest BCUT2D eigenvalue weighted by molar-refractivity contribution is -0.154. The first-order valence-electron chi connectivity index (χ1n) is 7.88. The van der Waals surface area contributed by atoms with E-state index in [4.69, 9.17) is 4.74 Å². The second-order valence-corrected chi connectivity index (χ2v) is 6.28. The molecule has 108 valence electrons. The van der Waals surface area contributed by atoms with Gasteiger partial charge in [0, 0.05) is 0 Å². The maximum absolute atomic E-state index is 10.9. The Morgan fingerprint density at radius 1 is 1.00 bits per heavy atom. The molecule has 2 fully saturated rings. The average molecular weight is 266 g/mol. The van der Waals surface area contributed by atoms with E-state index in [0.717, 1.165) is 43.4 Å². The maximum Gasteiger partial charge on any atom is 0.371 e. The molecule has 0 aromatic rings. The van der Waals surface area contributed by atoms with E-state index in [2.05, 4.69) is 6.92 Å². The van der Waals surface area contributed by atoms with E-state index in [1.807, 2.05) is 0 Å². The lowest BCUT2D eigenvalue weighted by Crippen LogP contribution is -2.29. The minimum Gasteiger partial charge on any atom is -0.457 e. The Kier molecular flexibility index (Phi) is 5.41. The first-order chi connectivity index (χ1) is 9.22. The molecule has 0 spiro atoms. The minimum absolute atomic E-state index is 0.0130. The SMILES string of the molecule is CCC1CCC(C2CCC(OC(=O)C=O)CC2)CC1. The normalized spacial score (nSPS) is 35.6. The molecule has 2 aliphatic rings. The molecule has 0 atom stereocenters. The Balaban J connectivity index is 1.71. The van der Waals surface area contributed by atoms with Crippen LogP contribution in [0, 0.1) is 17.8 Å². The third kappa shape index (κ3) is 4.05. The minimum atomic E-state index is -0.702. The van der Waals surface area contributed by atoms with Crippen LogP contribution in [0.25, 0.3) is 0 Å². The van der Waals surface area contributed by atoms with E-state index in [9.17, 15) is 9.59 Å². The third-order valence-electron chi connectivity index (χ3n) is 5.23. The highest BCUT2D eigenvalue weighted by Crippen LogP contribution is 2.41. The number of ether oxygens (including phenoxy) is 1. The standard InChI is InChI=1S/C16H26O3/c1-2-12-3-5-13(6-4-12)14-7-9-15(10-8-14)19-16(18)11-17/h11-15H,2-10H2,1H3. The van der Waals surface area contributed by atoms with Crippen LogP contribution in [-0.2, 0) is 14.3 Å². The van der Waals surface area contributed by atoms with Gasteiger partial charge in [-0.25, -0.2) is 4.79 Å². The Hall–Kier alpha value is -0.860. The summed E-state index contributed by atoms with van der Waals surface area (Å²) in [6.07, 6.45) is 11.4. The van der Waals surface area contributed by atoms with E-state index >= 15 is 0 Å². The van der Waals surface area contributed by atoms with Gasteiger partial charge in [-0.1, -0.05) is 26.2 Å². The first kappa shape index (κ1) is 14.5. The highest BCUT2D eigenvalue weighted by atomic mass is 16.5. The molecule has 0 saturated heterocycles. The van der Waals surface area contributed by atoms with Crippen molar-refractivity contribution in [3.8, 4) is 0 Å². The van der Waals surface area contributed by atoms with Crippen LogP contribution >= 0.6 is 0 Å². The van der Waals surface area contributed by atoms with Crippen molar-refractivity contribution >= 4 is 12.3 Å². The Morgan fingerprint density at radius 3 is 2.00 bits per heavy atom. The van der Waals surface area contributed by atoms with Crippen molar-refractivity contribution < 1.29 is 14.3 Å². The van der Waals surface area contributed by atoms with Gasteiger partial charge < -0.3 is 4.74 Å². The topological polar surface area (TPSA) is 43.4 Å². The molecule has 0 heterocycles. The first-order valence-corrected chi connectivity index (χ1v) is 7.88. The number of esters is 1. The third-order valence-corrected chi connectivity index (χ3v) is 5.23. The largest absolute Gasteiger partial charge is 0.457 e. The number of hydrogen-bond donors (Lipinski definition) is 0. The number of aldehydes is 1. The van der Waals surface area contributed by atoms with Crippen LogP contribution in [0.5, 0.6) is 0 Å². The molecule has 2 rings (SSSR count). The molecule has 0 radical (unpaired) electrons. The number of carbonyl (C=O) groups is 2. The van der Waals surface area contributed by atoms with Crippen molar-refractivity contribution in [1.29, 1.82) is 0 Å². The van der Waals surface area contributed by atoms with Gasteiger partial charge in [-0.2, -0.15) is 0 Å². The van der Waals surface area contributed by atoms with Crippen LogP contribution < -0.4 is 0 Å². The average Bonchev–Trinajstić information content (AvgIpc) is 2.48. The van der Waals surface area contributed by atoms with Gasteiger partial charge >= 0.3 is 5.97 Å². The quantitative estimate of drug-likeness (QED) is 0.444. The summed E-state index contributed by atoms with van der Waals surface area (Å²) < 4.78 is 5.10. The fraction of sp³-hybridized carbons (Fsp3) is 0.875. The molecule has 0 bridgehead atoms. The van der Waals surface area contributed by atoms with Gasteiger partial charge in [-0.3, -0.25) is 4.79 Å². The smallest absolute Gasteiger partial charge is 0.371 e. The van der Waals surface area contributed by atoms with Crippen molar-refractivity contribution in [3.05, 3.63) is 0 Å². The van der Waals surface area contributed by atoms with Crippen LogP contribution in [0.3, 0.4) is 0 Å². The summed E-state index contributed by atoms with van der Waals surface area (Å²) in [4.78, 5) is 21.2. The Morgan fingerprint density at radius 2 is 1.53 bits per heavy atom. The van der Waals surface area contributed by atoms with E-state index in [1.165, 1.54) is 32.1 Å². The van der Waals surface area contributed by atoms with Gasteiger partial charge in [0.05, 0.1) is 0 Å². The molecule has 0 aromatic heterocycles. The second-order valence-electron chi connectivity index (χ2n) is 6.28. The van der Waals surface area contributed by atoms with Crippen LogP contribution in [0.2, 0.25) is 0 Å². The monoisotopic (exact) mass is 266 g/mol. The molecule has 0 aromatic carbocycles. The van der Waals surface area contributed by atoms with Gasteiger partial charge in [0.2, 0.25) is 6.29 Å². The summed E-state index contributed by atoms with van der Waals surface area (Å²) in [6.45, 7) is 2.30. The Bertz CT molecular complexity index is 297. The van der Waals surface area contributed by atoms with E-state index in [1.54, 1.807) is 0 Å². The molecule has 0 unspecified atom stereocenters. The molecular formula is C16H26O3. The van der Waals surface area contributed by atoms with Gasteiger partial charge in [-0.05, 0) is 56.3 Å². The predicted octanol–water partition coefficient (Wildman–Crippen LogP) is 3.50. The summed E-state index contributed by atoms with van der Waals surface area (Å²) in [7, 11) is 0. The molecular weight excluding hydrogens is 240 g/mol. The lowest BCUT2D eigenvalue weighted by Gasteiger charge is -2.37. The number of hydrogen-bond acceptors (Lipinski definition) is 3. The molecule has 0 aliphatic heterocycles. The fourth-order valence-corrected chi connectivity index (χ4v) is 3.94. The van der Waals surface area contributed by atoms with Crippen LogP contribution in [0.4, 0.5) is 0 Å². The van der Waals surface area contributed by atoms with Crippen molar-refractivity contribution in [2.24, 2.45) is 17.8 Å². The molecule has 2 aliphatic carbocycles. The van der Waals surface area contributed by atoms with Crippen LogP contribution in [0.15, 0.2) is 0 Å². The zero-order chi connectivity index (χ0) is 13.7. The number of carbonyl (C=O) groups excluding carboxylic acids is 2. The highest BCUT2D eigenvalue weighted by Gasteiger charge is 2.31. The van der Waals surface area contributed by atoms with Gasteiger partial charge in [-0.15, -0.1) is 0 Å². The summed E-state index contributed by atoms with van der Waals surface area (Å²) >= 11 is 0. The molecule has 3 nitrogen and oxygen atoms in total. The van der Waals surface area contributed by atoms with Crippen LogP contribution in [-0.4, -0.2) is 18.4 Å². The van der Waals surface area contributed by atoms with Crippen molar-refractivity contribution in [1.82, 2.24) is 0 Å². The summed E-state index contributed by atoms with van der Waals surface area (Å²) in [6, 6.07) is 0. The second kappa shape index (κ2) is 7.06. The van der Waals surface area contributed by atoms with Gasteiger partial charge in [0.1, 0.15) is 6.10 Å². The molecule has 2 saturated carbocycles. The molecule has 19 heavy (non-hydrogen) atoms. The van der Waals surface area contributed by atoms with Gasteiger partial charge in [0.25, 0.3) is 0 Å². The van der Waals surface area contributed by atoms with E-state index in [0.29, 0.717) is 0 Å². The van der Waals surface area contributed by atoms with Crippen molar-refractivity contribution in [2.75, 3.05) is 0 Å².